The summed E-state index contributed by atoms with van der Waals surface area (Å²) in [5.74, 6) is -1.09. The topological polar surface area (TPSA) is 142 Å². The Labute approximate surface area is 208 Å². The average molecular weight is 488 g/mol. The van der Waals surface area contributed by atoms with Gasteiger partial charge in [0.1, 0.15) is 17.6 Å². The molecule has 5 rings (SSSR count). The van der Waals surface area contributed by atoms with E-state index in [-0.39, 0.29) is 17.3 Å². The molecule has 0 radical (unpaired) electrons. The minimum Gasteiger partial charge on any atom is -0.480 e. The van der Waals surface area contributed by atoms with Crippen molar-refractivity contribution in [3.05, 3.63) is 75.2 Å². The standard InChI is InChI=1S/C27H29N5O4/c1-31-21-10-9-18(27(11-12-27)26(36)32-13-3-2-4-22(32)25(34)35)15-19(21)30-20(24(31)33)14-16-5-7-17(8-6-16)23(28)29/h5-10,15,22H,2-4,11-14H2,1H3,(H3,28,29)(H,34,35). The molecule has 2 fully saturated rings. The summed E-state index contributed by atoms with van der Waals surface area (Å²) in [5, 5.41) is 17.2. The number of amidine groups is 1. The first-order valence-electron chi connectivity index (χ1n) is 12.2. The van der Waals surface area contributed by atoms with E-state index in [1.807, 2.05) is 30.3 Å². The minimum atomic E-state index is -0.949. The van der Waals surface area contributed by atoms with Gasteiger partial charge in [-0.25, -0.2) is 9.78 Å². The predicted molar refractivity (Wildman–Crippen MR) is 135 cm³/mol. The molecule has 186 valence electrons. The summed E-state index contributed by atoms with van der Waals surface area (Å²) in [6.45, 7) is 0.463. The summed E-state index contributed by atoms with van der Waals surface area (Å²) in [6.07, 6.45) is 3.76. The Morgan fingerprint density at radius 3 is 2.53 bits per heavy atom. The quantitative estimate of drug-likeness (QED) is 0.360. The lowest BCUT2D eigenvalue weighted by atomic mass is 9.91. The van der Waals surface area contributed by atoms with Gasteiger partial charge < -0.3 is 20.3 Å². The van der Waals surface area contributed by atoms with Crippen molar-refractivity contribution in [2.75, 3.05) is 6.54 Å². The molecule has 0 bridgehead atoms. The zero-order valence-corrected chi connectivity index (χ0v) is 20.2. The lowest BCUT2D eigenvalue weighted by Gasteiger charge is -2.35. The molecule has 1 aliphatic carbocycles. The highest BCUT2D eigenvalue weighted by molar-refractivity contribution is 5.95. The molecule has 1 atom stereocenters. The Bertz CT molecular complexity index is 1440. The number of carbonyl (C=O) groups is 2. The fraction of sp³-hybridized carbons (Fsp3) is 0.370. The van der Waals surface area contributed by atoms with Crippen molar-refractivity contribution >= 4 is 28.7 Å². The van der Waals surface area contributed by atoms with Crippen LogP contribution in [0.5, 0.6) is 0 Å². The smallest absolute Gasteiger partial charge is 0.326 e. The van der Waals surface area contributed by atoms with Gasteiger partial charge in [0.25, 0.3) is 5.56 Å². The molecule has 1 aliphatic heterocycles. The number of piperidine rings is 1. The fourth-order valence-electron chi connectivity index (χ4n) is 5.26. The van der Waals surface area contributed by atoms with Crippen LogP contribution in [0.4, 0.5) is 0 Å². The van der Waals surface area contributed by atoms with Gasteiger partial charge in [-0.1, -0.05) is 30.3 Å². The van der Waals surface area contributed by atoms with Crippen LogP contribution in [-0.2, 0) is 28.5 Å². The lowest BCUT2D eigenvalue weighted by molar-refractivity contribution is -0.153. The molecular formula is C27H29N5O4. The minimum absolute atomic E-state index is 0.0170. The summed E-state index contributed by atoms with van der Waals surface area (Å²) in [7, 11) is 1.71. The third-order valence-electron chi connectivity index (χ3n) is 7.54. The summed E-state index contributed by atoms with van der Waals surface area (Å²) in [6, 6.07) is 11.9. The molecule has 1 unspecified atom stereocenters. The van der Waals surface area contributed by atoms with Crippen molar-refractivity contribution in [1.29, 1.82) is 5.41 Å². The number of hydrogen-bond acceptors (Lipinski definition) is 5. The molecule has 9 nitrogen and oxygen atoms in total. The van der Waals surface area contributed by atoms with E-state index in [1.165, 1.54) is 0 Å². The number of nitrogens with one attached hydrogen (secondary N) is 1. The average Bonchev–Trinajstić information content (AvgIpc) is 3.69. The first-order valence-corrected chi connectivity index (χ1v) is 12.2. The highest BCUT2D eigenvalue weighted by Gasteiger charge is 2.54. The van der Waals surface area contributed by atoms with Gasteiger partial charge >= 0.3 is 5.97 Å². The largest absolute Gasteiger partial charge is 0.480 e. The Morgan fingerprint density at radius 2 is 1.89 bits per heavy atom. The molecule has 1 saturated carbocycles. The van der Waals surface area contributed by atoms with Gasteiger partial charge in [0, 0.05) is 25.6 Å². The van der Waals surface area contributed by atoms with Crippen molar-refractivity contribution in [2.24, 2.45) is 12.8 Å². The normalized spacial score (nSPS) is 18.7. The number of aryl methyl sites for hydroxylation is 1. The van der Waals surface area contributed by atoms with E-state index < -0.39 is 17.4 Å². The summed E-state index contributed by atoms with van der Waals surface area (Å²) in [5.41, 5.74) is 8.59. The third kappa shape index (κ3) is 4.04. The second-order valence-corrected chi connectivity index (χ2v) is 9.84. The number of fused-ring (bicyclic) bond motifs is 1. The number of carbonyl (C=O) groups excluding carboxylic acids is 1. The number of benzene rings is 2. The van der Waals surface area contributed by atoms with E-state index in [9.17, 15) is 19.5 Å². The van der Waals surface area contributed by atoms with E-state index in [4.69, 9.17) is 11.1 Å². The molecular weight excluding hydrogens is 458 g/mol. The van der Waals surface area contributed by atoms with Crippen molar-refractivity contribution in [1.82, 2.24) is 14.5 Å². The van der Waals surface area contributed by atoms with E-state index >= 15 is 0 Å². The van der Waals surface area contributed by atoms with E-state index in [0.717, 1.165) is 24.0 Å². The monoisotopic (exact) mass is 487 g/mol. The summed E-state index contributed by atoms with van der Waals surface area (Å²) >= 11 is 0. The van der Waals surface area contributed by atoms with E-state index in [2.05, 4.69) is 4.98 Å². The van der Waals surface area contributed by atoms with Crippen LogP contribution in [-0.4, -0.2) is 49.9 Å². The van der Waals surface area contributed by atoms with Crippen LogP contribution in [0.3, 0.4) is 0 Å². The number of likely N-dealkylation sites (tertiary alicyclic amines) is 1. The maximum atomic E-state index is 13.6. The number of aliphatic carboxylic acids is 1. The molecule has 9 heteroatoms. The van der Waals surface area contributed by atoms with Crippen molar-refractivity contribution in [2.45, 2.75) is 50.0 Å². The third-order valence-corrected chi connectivity index (χ3v) is 7.54. The molecule has 1 amide bonds. The lowest BCUT2D eigenvalue weighted by Crippen LogP contribution is -2.51. The van der Waals surface area contributed by atoms with Crippen molar-refractivity contribution in [3.63, 3.8) is 0 Å². The molecule has 2 aliphatic rings. The van der Waals surface area contributed by atoms with Crippen LogP contribution >= 0.6 is 0 Å². The van der Waals surface area contributed by atoms with E-state index in [0.29, 0.717) is 54.5 Å². The zero-order valence-electron chi connectivity index (χ0n) is 20.2. The first kappa shape index (κ1) is 23.7. The molecule has 2 heterocycles. The zero-order chi connectivity index (χ0) is 25.6. The SMILES string of the molecule is Cn1c(=O)c(Cc2ccc(C(=N)N)cc2)nc2cc(C3(C(=O)N4CCCCC4C(=O)O)CC3)ccc21. The van der Waals surface area contributed by atoms with Crippen LogP contribution in [0.2, 0.25) is 0 Å². The van der Waals surface area contributed by atoms with Gasteiger partial charge in [0.2, 0.25) is 5.91 Å². The molecule has 2 aromatic carbocycles. The summed E-state index contributed by atoms with van der Waals surface area (Å²) in [4.78, 5) is 44.6. The Hall–Kier alpha value is -4.01. The maximum Gasteiger partial charge on any atom is 0.326 e. The number of aromatic nitrogens is 2. The van der Waals surface area contributed by atoms with Gasteiger partial charge in [-0.05, 0) is 55.4 Å². The van der Waals surface area contributed by atoms with Gasteiger partial charge in [0.05, 0.1) is 16.4 Å². The predicted octanol–water partition coefficient (Wildman–Crippen LogP) is 2.31. The molecule has 36 heavy (non-hydrogen) atoms. The molecule has 3 aromatic rings. The molecule has 0 spiro atoms. The fourth-order valence-corrected chi connectivity index (χ4v) is 5.26. The van der Waals surface area contributed by atoms with Crippen LogP contribution in [0.25, 0.3) is 11.0 Å². The number of nitrogens with two attached hydrogens (primary N) is 1. The van der Waals surface area contributed by atoms with Crippen LogP contribution < -0.4 is 11.3 Å². The Balaban J connectivity index is 1.49. The summed E-state index contributed by atoms with van der Waals surface area (Å²) < 4.78 is 1.57. The number of hydrogen-bond donors (Lipinski definition) is 3. The highest BCUT2D eigenvalue weighted by Crippen LogP contribution is 2.50. The Kier molecular flexibility index (Phi) is 5.86. The number of carboxylic acids is 1. The molecule has 4 N–H and O–H groups in total. The van der Waals surface area contributed by atoms with Crippen LogP contribution in [0, 0.1) is 5.41 Å². The molecule has 1 aromatic heterocycles. The van der Waals surface area contributed by atoms with Crippen LogP contribution in [0.1, 0.15) is 54.5 Å². The number of carboxylic acid groups (broad SMARTS) is 1. The highest BCUT2D eigenvalue weighted by atomic mass is 16.4. The maximum absolute atomic E-state index is 13.6. The van der Waals surface area contributed by atoms with Gasteiger partial charge in [-0.3, -0.25) is 15.0 Å². The second kappa shape index (κ2) is 8.89. The molecule has 1 saturated heterocycles. The van der Waals surface area contributed by atoms with Gasteiger partial charge in [0.15, 0.2) is 0 Å². The number of nitrogens with zero attached hydrogens (tertiary/aromatic N) is 3. The number of rotatable bonds is 6. The van der Waals surface area contributed by atoms with E-state index in [1.54, 1.807) is 28.6 Å². The van der Waals surface area contributed by atoms with Gasteiger partial charge in [-0.2, -0.15) is 0 Å². The van der Waals surface area contributed by atoms with Gasteiger partial charge in [-0.15, -0.1) is 0 Å². The first-order chi connectivity index (χ1) is 17.2. The second-order valence-electron chi connectivity index (χ2n) is 9.84. The van der Waals surface area contributed by atoms with Crippen LogP contribution in [0.15, 0.2) is 47.3 Å². The number of nitrogen functional groups attached to an aromatic ring is 1. The number of amides is 1. The van der Waals surface area contributed by atoms with Crippen molar-refractivity contribution < 1.29 is 14.7 Å². The Morgan fingerprint density at radius 1 is 1.17 bits per heavy atom. The van der Waals surface area contributed by atoms with Crippen molar-refractivity contribution in [3.8, 4) is 0 Å².